The molecule has 1 saturated carbocycles. The lowest BCUT2D eigenvalue weighted by atomic mass is 9.99. The molecule has 1 heterocycles. The van der Waals surface area contributed by atoms with E-state index in [-0.39, 0.29) is 5.54 Å². The molecule has 5 heteroatoms. The van der Waals surface area contributed by atoms with Gasteiger partial charge in [-0.2, -0.15) is 5.10 Å². The summed E-state index contributed by atoms with van der Waals surface area (Å²) in [5.74, 6) is 0.600. The fourth-order valence-electron chi connectivity index (χ4n) is 2.15. The molecule has 5 nitrogen and oxygen atoms in total. The summed E-state index contributed by atoms with van der Waals surface area (Å²) < 4.78 is 6.69. The number of carbonyl (C=O) groups is 1. The molecule has 17 heavy (non-hydrogen) atoms. The zero-order chi connectivity index (χ0) is 12.6. The second-order valence-electron chi connectivity index (χ2n) is 5.00. The molecule has 0 atom stereocenters. The summed E-state index contributed by atoms with van der Waals surface area (Å²) in [6.45, 7) is 6.31. The molecule has 1 aliphatic rings. The summed E-state index contributed by atoms with van der Waals surface area (Å²) in [6, 6.07) is 0. The second-order valence-corrected chi connectivity index (χ2v) is 5.00. The first-order valence-corrected chi connectivity index (χ1v) is 5.99. The number of ether oxygens (including phenoxy) is 1. The minimum absolute atomic E-state index is 0.130. The van der Waals surface area contributed by atoms with Crippen LogP contribution in [0.5, 0.6) is 0 Å². The van der Waals surface area contributed by atoms with Crippen LogP contribution in [0.15, 0.2) is 6.20 Å². The van der Waals surface area contributed by atoms with Crippen LogP contribution in [0.2, 0.25) is 0 Å². The summed E-state index contributed by atoms with van der Waals surface area (Å²) in [5, 5.41) is 4.24. The number of hydrogen-bond acceptors (Lipinski definition) is 4. The molecule has 0 saturated heterocycles. The van der Waals surface area contributed by atoms with Gasteiger partial charge in [0.1, 0.15) is 11.4 Å². The molecular weight excluding hydrogens is 218 g/mol. The summed E-state index contributed by atoms with van der Waals surface area (Å²) in [7, 11) is 0. The number of nitrogens with zero attached hydrogens (tertiary/aromatic N) is 2. The normalized spacial score (nSPS) is 15.9. The third-order valence-corrected chi connectivity index (χ3v) is 3.42. The largest absolute Gasteiger partial charge is 0.462 e. The highest BCUT2D eigenvalue weighted by Crippen LogP contribution is 2.44. The molecule has 1 aromatic heterocycles. The maximum atomic E-state index is 11.6. The predicted molar refractivity (Wildman–Crippen MR) is 64.6 cm³/mol. The second kappa shape index (κ2) is 4.05. The van der Waals surface area contributed by atoms with E-state index >= 15 is 0 Å². The minimum atomic E-state index is -0.400. The molecule has 0 amide bonds. The quantitative estimate of drug-likeness (QED) is 0.810. The molecule has 0 spiro atoms. The zero-order valence-electron chi connectivity index (χ0n) is 10.6. The van der Waals surface area contributed by atoms with Crippen molar-refractivity contribution < 1.29 is 9.53 Å². The van der Waals surface area contributed by atoms with Crippen molar-refractivity contribution in [3.8, 4) is 0 Å². The Labute approximate surface area is 101 Å². The Kier molecular flexibility index (Phi) is 2.85. The van der Waals surface area contributed by atoms with Gasteiger partial charge in [-0.25, -0.2) is 9.48 Å². The van der Waals surface area contributed by atoms with Crippen molar-refractivity contribution in [2.75, 3.05) is 12.3 Å². The van der Waals surface area contributed by atoms with Crippen molar-refractivity contribution >= 4 is 11.8 Å². The molecule has 0 aliphatic heterocycles. The Hall–Kier alpha value is -1.52. The Morgan fingerprint density at radius 1 is 1.65 bits per heavy atom. The van der Waals surface area contributed by atoms with Crippen molar-refractivity contribution in [3.05, 3.63) is 11.8 Å². The predicted octanol–water partition coefficient (Wildman–Crippen LogP) is 1.79. The smallest absolute Gasteiger partial charge is 0.343 e. The van der Waals surface area contributed by atoms with Gasteiger partial charge in [-0.05, 0) is 39.5 Å². The number of aromatic nitrogens is 2. The van der Waals surface area contributed by atoms with E-state index in [2.05, 4.69) is 18.9 Å². The molecule has 1 fully saturated rings. The molecule has 0 aromatic carbocycles. The first-order valence-electron chi connectivity index (χ1n) is 5.99. The number of rotatable bonds is 4. The first-order chi connectivity index (χ1) is 7.98. The number of hydrogen-bond donors (Lipinski definition) is 1. The van der Waals surface area contributed by atoms with Gasteiger partial charge in [-0.3, -0.25) is 0 Å². The lowest BCUT2D eigenvalue weighted by molar-refractivity contribution is 0.0527. The van der Waals surface area contributed by atoms with Gasteiger partial charge in [0.15, 0.2) is 0 Å². The zero-order valence-corrected chi connectivity index (χ0v) is 10.6. The van der Waals surface area contributed by atoms with E-state index in [0.29, 0.717) is 23.9 Å². The van der Waals surface area contributed by atoms with Crippen LogP contribution in [0, 0.1) is 5.92 Å². The molecule has 94 valence electrons. The van der Waals surface area contributed by atoms with Gasteiger partial charge in [0, 0.05) is 0 Å². The standard InChI is InChI=1S/C12H19N3O2/c1-4-17-11(16)9-7-14-15(10(9)13)12(2,3)8-5-6-8/h7-8H,4-6,13H2,1-3H3. The van der Waals surface area contributed by atoms with Crippen LogP contribution in [-0.4, -0.2) is 22.4 Å². The Morgan fingerprint density at radius 3 is 2.82 bits per heavy atom. The van der Waals surface area contributed by atoms with Crippen LogP contribution in [-0.2, 0) is 10.3 Å². The van der Waals surface area contributed by atoms with Gasteiger partial charge in [0.25, 0.3) is 0 Å². The van der Waals surface area contributed by atoms with Gasteiger partial charge < -0.3 is 10.5 Å². The Balaban J connectivity index is 2.29. The molecule has 1 aromatic rings. The highest BCUT2D eigenvalue weighted by Gasteiger charge is 2.41. The highest BCUT2D eigenvalue weighted by atomic mass is 16.5. The third kappa shape index (κ3) is 2.01. The van der Waals surface area contributed by atoms with Gasteiger partial charge in [-0.15, -0.1) is 0 Å². The first kappa shape index (κ1) is 12.0. The fraction of sp³-hybridized carbons (Fsp3) is 0.667. The van der Waals surface area contributed by atoms with Crippen LogP contribution in [0.25, 0.3) is 0 Å². The Morgan fingerprint density at radius 2 is 2.29 bits per heavy atom. The number of esters is 1. The van der Waals surface area contributed by atoms with E-state index in [1.807, 2.05) is 0 Å². The van der Waals surface area contributed by atoms with Gasteiger partial charge in [0.05, 0.1) is 18.3 Å². The van der Waals surface area contributed by atoms with Crippen molar-refractivity contribution in [3.63, 3.8) is 0 Å². The average Bonchev–Trinajstić information content (AvgIpc) is 3.03. The molecular formula is C12H19N3O2. The van der Waals surface area contributed by atoms with Crippen molar-refractivity contribution in [1.29, 1.82) is 0 Å². The van der Waals surface area contributed by atoms with Crippen molar-refractivity contribution in [2.24, 2.45) is 5.92 Å². The molecule has 2 rings (SSSR count). The van der Waals surface area contributed by atoms with E-state index in [0.717, 1.165) is 0 Å². The summed E-state index contributed by atoms with van der Waals surface area (Å²) >= 11 is 0. The average molecular weight is 237 g/mol. The highest BCUT2D eigenvalue weighted by molar-refractivity contribution is 5.94. The van der Waals surface area contributed by atoms with E-state index < -0.39 is 5.97 Å². The minimum Gasteiger partial charge on any atom is -0.462 e. The SMILES string of the molecule is CCOC(=O)c1cnn(C(C)(C)C2CC2)c1N. The lowest BCUT2D eigenvalue weighted by Crippen LogP contribution is -2.31. The van der Waals surface area contributed by atoms with Gasteiger partial charge in [-0.1, -0.05) is 0 Å². The lowest BCUT2D eigenvalue weighted by Gasteiger charge is -2.26. The van der Waals surface area contributed by atoms with Crippen LogP contribution in [0.1, 0.15) is 44.0 Å². The van der Waals surface area contributed by atoms with Crippen LogP contribution >= 0.6 is 0 Å². The number of carbonyl (C=O) groups excluding carboxylic acids is 1. The molecule has 2 N–H and O–H groups in total. The van der Waals surface area contributed by atoms with E-state index in [1.54, 1.807) is 11.6 Å². The molecule has 1 aliphatic carbocycles. The van der Waals surface area contributed by atoms with E-state index in [4.69, 9.17) is 10.5 Å². The van der Waals surface area contributed by atoms with Gasteiger partial charge in [0.2, 0.25) is 0 Å². The number of nitrogens with two attached hydrogens (primary N) is 1. The van der Waals surface area contributed by atoms with Crippen LogP contribution in [0.3, 0.4) is 0 Å². The maximum Gasteiger partial charge on any atom is 0.343 e. The summed E-state index contributed by atoms with van der Waals surface area (Å²) in [6.07, 6.45) is 3.89. The molecule has 0 bridgehead atoms. The number of anilines is 1. The summed E-state index contributed by atoms with van der Waals surface area (Å²) in [5.41, 5.74) is 6.22. The van der Waals surface area contributed by atoms with Crippen molar-refractivity contribution in [2.45, 2.75) is 39.2 Å². The van der Waals surface area contributed by atoms with Crippen LogP contribution in [0.4, 0.5) is 5.82 Å². The van der Waals surface area contributed by atoms with Crippen molar-refractivity contribution in [1.82, 2.24) is 9.78 Å². The topological polar surface area (TPSA) is 70.1 Å². The van der Waals surface area contributed by atoms with Gasteiger partial charge >= 0.3 is 5.97 Å². The monoisotopic (exact) mass is 237 g/mol. The molecule has 0 radical (unpaired) electrons. The summed E-state index contributed by atoms with van der Waals surface area (Å²) in [4.78, 5) is 11.6. The van der Waals surface area contributed by atoms with E-state index in [9.17, 15) is 4.79 Å². The van der Waals surface area contributed by atoms with Crippen LogP contribution < -0.4 is 5.73 Å². The van der Waals surface area contributed by atoms with E-state index in [1.165, 1.54) is 19.0 Å². The Bertz CT molecular complexity index is 433. The third-order valence-electron chi connectivity index (χ3n) is 3.42. The number of nitrogen functional groups attached to an aromatic ring is 1. The maximum absolute atomic E-state index is 11.6. The fourth-order valence-corrected chi connectivity index (χ4v) is 2.15. The molecule has 0 unspecified atom stereocenters.